The molecule has 4 aromatic rings. The Morgan fingerprint density at radius 3 is 2.17 bits per heavy atom. The minimum absolute atomic E-state index is 0.105. The third-order valence-electron chi connectivity index (χ3n) is 4.57. The van der Waals surface area contributed by atoms with Crippen molar-refractivity contribution in [2.75, 3.05) is 0 Å². The number of nitrogens with zero attached hydrogens (tertiary/aromatic N) is 1. The van der Waals surface area contributed by atoms with Gasteiger partial charge in [0.25, 0.3) is 0 Å². The number of benzene rings is 3. The Bertz CT molecular complexity index is 1150. The number of rotatable bonds is 5. The van der Waals surface area contributed by atoms with Gasteiger partial charge in [0.1, 0.15) is 17.2 Å². The summed E-state index contributed by atoms with van der Waals surface area (Å²) in [4.78, 5) is 0. The van der Waals surface area contributed by atoms with Gasteiger partial charge in [-0.05, 0) is 60.2 Å². The highest BCUT2D eigenvalue weighted by molar-refractivity contribution is 6.31. The van der Waals surface area contributed by atoms with Crippen LogP contribution in [0.5, 0.6) is 17.2 Å². The normalized spacial score (nSPS) is 11.3. The van der Waals surface area contributed by atoms with Crippen molar-refractivity contribution < 1.29 is 20.1 Å². The predicted octanol–water partition coefficient (Wildman–Crippen LogP) is 5.48. The van der Waals surface area contributed by atoms with Crippen molar-refractivity contribution in [2.45, 2.75) is 12.8 Å². The lowest BCUT2D eigenvalue weighted by atomic mass is 10.2. The molecule has 0 aliphatic heterocycles. The Labute approximate surface area is 176 Å². The molecule has 5 nitrogen and oxygen atoms in total. The van der Waals surface area contributed by atoms with Crippen LogP contribution in [0.15, 0.2) is 66.7 Å². The van der Waals surface area contributed by atoms with Crippen molar-refractivity contribution >= 4 is 34.1 Å². The number of aliphatic hydroxyl groups excluding tert-OH is 1. The maximum Gasteiger partial charge on any atom is 0.197 e. The molecule has 0 unspecified atom stereocenters. The molecule has 0 bridgehead atoms. The number of fused-ring (bicyclic) bond motifs is 1. The highest BCUT2D eigenvalue weighted by Gasteiger charge is 2.24. The number of phenols is 1. The second-order valence-electron chi connectivity index (χ2n) is 6.56. The third-order valence-corrected chi connectivity index (χ3v) is 5.06. The first-order valence-electron chi connectivity index (χ1n) is 8.81. The first-order chi connectivity index (χ1) is 13.9. The molecule has 0 aliphatic carbocycles. The summed E-state index contributed by atoms with van der Waals surface area (Å²) in [5, 5.41) is 31.6. The van der Waals surface area contributed by atoms with Crippen LogP contribution in [0, 0.1) is 0 Å². The van der Waals surface area contributed by atoms with Crippen molar-refractivity contribution in [2.24, 2.45) is 0 Å². The van der Waals surface area contributed by atoms with Gasteiger partial charge in [-0.25, -0.2) is 0 Å². The van der Waals surface area contributed by atoms with Gasteiger partial charge in [0.15, 0.2) is 12.0 Å². The lowest BCUT2D eigenvalue weighted by Gasteiger charge is -2.14. The van der Waals surface area contributed by atoms with Gasteiger partial charge in [0.2, 0.25) is 0 Å². The Kier molecular flexibility index (Phi) is 5.39. The molecule has 0 fully saturated rings. The SMILES string of the molecule is Oc1ccc(Oc2c(C(O)O)n(Cc3ccc(Cl)cc3)c3ccc(Cl)cc23)cc1. The second-order valence-corrected chi connectivity index (χ2v) is 7.43. The number of hydrogen-bond acceptors (Lipinski definition) is 4. The van der Waals surface area contributed by atoms with Gasteiger partial charge in [-0.2, -0.15) is 0 Å². The average molecular weight is 430 g/mol. The largest absolute Gasteiger partial charge is 0.508 e. The van der Waals surface area contributed by atoms with Gasteiger partial charge in [0.05, 0.1) is 5.52 Å². The number of aromatic nitrogens is 1. The smallest absolute Gasteiger partial charge is 0.197 e. The van der Waals surface area contributed by atoms with Crippen molar-refractivity contribution in [1.82, 2.24) is 4.57 Å². The van der Waals surface area contributed by atoms with E-state index in [9.17, 15) is 15.3 Å². The number of hydrogen-bond donors (Lipinski definition) is 3. The Balaban J connectivity index is 1.88. The van der Waals surface area contributed by atoms with E-state index in [4.69, 9.17) is 27.9 Å². The molecule has 0 radical (unpaired) electrons. The topological polar surface area (TPSA) is 74.8 Å². The van der Waals surface area contributed by atoms with Crippen molar-refractivity contribution in [1.29, 1.82) is 0 Å². The molecule has 0 atom stereocenters. The molecule has 29 heavy (non-hydrogen) atoms. The molecule has 148 valence electrons. The van der Waals surface area contributed by atoms with Crippen LogP contribution in [0.25, 0.3) is 10.9 Å². The van der Waals surface area contributed by atoms with E-state index >= 15 is 0 Å². The van der Waals surface area contributed by atoms with Gasteiger partial charge in [0, 0.05) is 22.0 Å². The van der Waals surface area contributed by atoms with E-state index in [0.29, 0.717) is 27.7 Å². The van der Waals surface area contributed by atoms with Gasteiger partial charge in [-0.1, -0.05) is 35.3 Å². The number of ether oxygens (including phenoxy) is 1. The minimum atomic E-state index is -1.78. The van der Waals surface area contributed by atoms with E-state index in [1.807, 2.05) is 18.2 Å². The maximum atomic E-state index is 10.2. The summed E-state index contributed by atoms with van der Waals surface area (Å²) >= 11 is 12.2. The fourth-order valence-electron chi connectivity index (χ4n) is 3.25. The van der Waals surface area contributed by atoms with Crippen molar-refractivity contribution in [3.05, 3.63) is 88.0 Å². The molecule has 3 N–H and O–H groups in total. The monoisotopic (exact) mass is 429 g/mol. The zero-order valence-corrected chi connectivity index (χ0v) is 16.6. The summed E-state index contributed by atoms with van der Waals surface area (Å²) < 4.78 is 7.77. The van der Waals surface area contributed by atoms with Crippen LogP contribution in [-0.4, -0.2) is 19.9 Å². The molecular formula is C22H17Cl2NO4. The molecule has 7 heteroatoms. The molecule has 0 aliphatic rings. The first kappa shape index (κ1) is 19.6. The van der Waals surface area contributed by atoms with E-state index in [2.05, 4.69) is 0 Å². The molecule has 4 rings (SSSR count). The summed E-state index contributed by atoms with van der Waals surface area (Å²) in [6, 6.07) is 18.7. The van der Waals surface area contributed by atoms with Gasteiger partial charge >= 0.3 is 0 Å². The minimum Gasteiger partial charge on any atom is -0.508 e. The second kappa shape index (κ2) is 7.97. The van der Waals surface area contributed by atoms with Crippen LogP contribution < -0.4 is 4.74 Å². The van der Waals surface area contributed by atoms with E-state index in [1.54, 1.807) is 41.0 Å². The van der Waals surface area contributed by atoms with Crippen LogP contribution >= 0.6 is 23.2 Å². The molecule has 0 spiro atoms. The van der Waals surface area contributed by atoms with Crippen LogP contribution in [0.4, 0.5) is 0 Å². The number of aliphatic hydroxyl groups is 2. The Morgan fingerprint density at radius 2 is 1.52 bits per heavy atom. The molecular weight excluding hydrogens is 413 g/mol. The van der Waals surface area contributed by atoms with Crippen LogP contribution in [0.3, 0.4) is 0 Å². The number of aromatic hydroxyl groups is 1. The van der Waals surface area contributed by atoms with Crippen molar-refractivity contribution in [3.63, 3.8) is 0 Å². The molecule has 0 saturated heterocycles. The summed E-state index contributed by atoms with van der Waals surface area (Å²) in [5.41, 5.74) is 1.87. The Morgan fingerprint density at radius 1 is 0.862 bits per heavy atom. The maximum absolute atomic E-state index is 10.2. The summed E-state index contributed by atoms with van der Waals surface area (Å²) in [5.74, 6) is 0.834. The third kappa shape index (κ3) is 4.04. The number of halogens is 2. The van der Waals surface area contributed by atoms with Gasteiger partial charge in [-0.15, -0.1) is 0 Å². The molecule has 0 saturated carbocycles. The van der Waals surface area contributed by atoms with Gasteiger partial charge < -0.3 is 24.6 Å². The number of phenolic OH excluding ortho intramolecular Hbond substituents is 1. The van der Waals surface area contributed by atoms with E-state index in [0.717, 1.165) is 11.1 Å². The fraction of sp³-hybridized carbons (Fsp3) is 0.0909. The van der Waals surface area contributed by atoms with Crippen LogP contribution in [0.1, 0.15) is 17.5 Å². The summed E-state index contributed by atoms with van der Waals surface area (Å²) in [7, 11) is 0. The van der Waals surface area contributed by atoms with Crippen LogP contribution in [-0.2, 0) is 6.54 Å². The van der Waals surface area contributed by atoms with E-state index < -0.39 is 6.29 Å². The molecule has 1 aromatic heterocycles. The molecule has 0 amide bonds. The summed E-state index contributed by atoms with van der Waals surface area (Å²) in [6.07, 6.45) is -1.78. The van der Waals surface area contributed by atoms with Crippen molar-refractivity contribution in [3.8, 4) is 17.2 Å². The zero-order valence-electron chi connectivity index (χ0n) is 15.1. The highest BCUT2D eigenvalue weighted by atomic mass is 35.5. The van der Waals surface area contributed by atoms with Crippen LogP contribution in [0.2, 0.25) is 10.0 Å². The van der Waals surface area contributed by atoms with E-state index in [1.165, 1.54) is 12.1 Å². The molecule has 1 heterocycles. The lowest BCUT2D eigenvalue weighted by Crippen LogP contribution is -2.09. The van der Waals surface area contributed by atoms with E-state index in [-0.39, 0.29) is 17.2 Å². The zero-order chi connectivity index (χ0) is 20.5. The Hall–Kier alpha value is -2.70. The predicted molar refractivity (Wildman–Crippen MR) is 113 cm³/mol. The van der Waals surface area contributed by atoms with Gasteiger partial charge in [-0.3, -0.25) is 0 Å². The molecule has 3 aromatic carbocycles. The highest BCUT2D eigenvalue weighted by Crippen LogP contribution is 2.41. The lowest BCUT2D eigenvalue weighted by molar-refractivity contribution is -0.0490. The fourth-order valence-corrected chi connectivity index (χ4v) is 3.55. The standard InChI is InChI=1S/C22H17Cl2NO4/c23-14-3-1-13(2-4-14)12-25-19-10-5-15(24)11-18(19)21(20(25)22(27)28)29-17-8-6-16(26)7-9-17/h1-11,22,26-28H,12H2. The summed E-state index contributed by atoms with van der Waals surface area (Å²) in [6.45, 7) is 0.376. The quantitative estimate of drug-likeness (QED) is 0.367. The average Bonchev–Trinajstić information content (AvgIpc) is 2.98. The first-order valence-corrected chi connectivity index (χ1v) is 9.57.